The number of hydrogen-bond acceptors (Lipinski definition) is 5. The van der Waals surface area contributed by atoms with E-state index in [0.29, 0.717) is 24.3 Å². The molecule has 3 heterocycles. The second-order valence-electron chi connectivity index (χ2n) is 4.17. The predicted molar refractivity (Wildman–Crippen MR) is 71.4 cm³/mol. The summed E-state index contributed by atoms with van der Waals surface area (Å²) in [7, 11) is 0. The van der Waals surface area contributed by atoms with Crippen LogP contribution in [0.5, 0.6) is 0 Å². The van der Waals surface area contributed by atoms with Crippen molar-refractivity contribution in [2.45, 2.75) is 12.8 Å². The number of aryl methyl sites for hydroxylation is 2. The molecule has 3 rings (SSSR count). The average Bonchev–Trinajstić information content (AvgIpc) is 3.04. The van der Waals surface area contributed by atoms with Crippen LogP contribution >= 0.6 is 15.9 Å². The van der Waals surface area contributed by atoms with Gasteiger partial charge >= 0.3 is 5.97 Å². The smallest absolute Gasteiger partial charge is 0.356 e. The van der Waals surface area contributed by atoms with Gasteiger partial charge in [0.15, 0.2) is 11.5 Å². The summed E-state index contributed by atoms with van der Waals surface area (Å²) in [5.74, 6) is -0.410. The van der Waals surface area contributed by atoms with E-state index < -0.39 is 5.97 Å². The number of carboxylic acid groups (broad SMARTS) is 1. The van der Waals surface area contributed by atoms with Gasteiger partial charge in [-0.2, -0.15) is 5.21 Å². The number of imidazole rings is 1. The molecule has 0 radical (unpaired) electrons. The predicted octanol–water partition coefficient (Wildman–Crippen LogP) is 1.09. The lowest BCUT2D eigenvalue weighted by molar-refractivity contribution is 0.0691. The van der Waals surface area contributed by atoms with E-state index in [4.69, 9.17) is 5.11 Å². The van der Waals surface area contributed by atoms with Crippen molar-refractivity contribution in [1.29, 1.82) is 0 Å². The lowest BCUT2D eigenvalue weighted by atomic mass is 10.1. The number of halogens is 1. The molecule has 3 aromatic heterocycles. The lowest BCUT2D eigenvalue weighted by Gasteiger charge is -2.04. The summed E-state index contributed by atoms with van der Waals surface area (Å²) < 4.78 is 2.57. The maximum absolute atomic E-state index is 10.9. The maximum atomic E-state index is 10.9. The summed E-state index contributed by atoms with van der Waals surface area (Å²) in [6.45, 7) is 0. The molecule has 0 fully saturated rings. The maximum Gasteiger partial charge on any atom is 0.356 e. The number of fused-ring (bicyclic) bond motifs is 1. The Hall–Kier alpha value is -2.29. The van der Waals surface area contributed by atoms with E-state index in [1.165, 1.54) is 6.20 Å². The zero-order chi connectivity index (χ0) is 14.1. The second-order valence-corrected chi connectivity index (χ2v) is 5.03. The van der Waals surface area contributed by atoms with Crippen LogP contribution in [0, 0.1) is 0 Å². The summed E-state index contributed by atoms with van der Waals surface area (Å²) in [5.41, 5.74) is 1.61. The Morgan fingerprint density at radius 1 is 1.40 bits per heavy atom. The summed E-state index contributed by atoms with van der Waals surface area (Å²) in [4.78, 5) is 14.9. The number of carbonyl (C=O) groups is 1. The number of carboxylic acids is 1. The minimum atomic E-state index is -1.04. The molecule has 9 heteroatoms. The van der Waals surface area contributed by atoms with E-state index in [-0.39, 0.29) is 5.69 Å². The van der Waals surface area contributed by atoms with Gasteiger partial charge < -0.3 is 9.51 Å². The Balaban J connectivity index is 1.90. The van der Waals surface area contributed by atoms with Crippen molar-refractivity contribution in [3.8, 4) is 0 Å². The van der Waals surface area contributed by atoms with E-state index in [0.717, 1.165) is 10.0 Å². The Morgan fingerprint density at radius 2 is 2.25 bits per heavy atom. The van der Waals surface area contributed by atoms with Crippen LogP contribution in [0.4, 0.5) is 0 Å². The molecule has 0 bridgehead atoms. The first-order valence-electron chi connectivity index (χ1n) is 5.76. The van der Waals surface area contributed by atoms with E-state index in [2.05, 4.69) is 41.5 Å². The highest BCUT2D eigenvalue weighted by Crippen LogP contribution is 2.20. The first-order chi connectivity index (χ1) is 9.63. The number of hydrogen-bond donors (Lipinski definition) is 2. The van der Waals surface area contributed by atoms with Gasteiger partial charge in [0.25, 0.3) is 0 Å². The van der Waals surface area contributed by atoms with Crippen molar-refractivity contribution in [3.05, 3.63) is 40.0 Å². The molecule has 3 aromatic rings. The van der Waals surface area contributed by atoms with Gasteiger partial charge in [-0.25, -0.2) is 9.78 Å². The summed E-state index contributed by atoms with van der Waals surface area (Å²) in [5, 5.41) is 22.6. The van der Waals surface area contributed by atoms with E-state index in [1.54, 1.807) is 10.5 Å². The topological polar surface area (TPSA) is 109 Å². The quantitative estimate of drug-likeness (QED) is 0.738. The number of pyridine rings is 1. The van der Waals surface area contributed by atoms with Crippen molar-refractivity contribution in [2.75, 3.05) is 0 Å². The van der Waals surface area contributed by atoms with Crippen molar-refractivity contribution in [3.63, 3.8) is 0 Å². The highest BCUT2D eigenvalue weighted by atomic mass is 79.9. The molecule has 0 spiro atoms. The number of nitrogens with zero attached hydrogens (tertiary/aromatic N) is 5. The van der Waals surface area contributed by atoms with E-state index >= 15 is 0 Å². The highest BCUT2D eigenvalue weighted by molar-refractivity contribution is 9.10. The Labute approximate surface area is 121 Å². The fourth-order valence-electron chi connectivity index (χ4n) is 1.88. The average molecular weight is 337 g/mol. The third-order valence-corrected chi connectivity index (χ3v) is 3.58. The third kappa shape index (κ3) is 2.39. The Morgan fingerprint density at radius 3 is 2.95 bits per heavy atom. The van der Waals surface area contributed by atoms with Crippen LogP contribution in [-0.4, -0.2) is 41.1 Å². The van der Waals surface area contributed by atoms with Gasteiger partial charge in [-0.05, 0) is 18.1 Å². The van der Waals surface area contributed by atoms with Crippen molar-refractivity contribution < 1.29 is 9.90 Å². The molecule has 0 saturated carbocycles. The molecule has 0 aromatic carbocycles. The second kappa shape index (κ2) is 5.00. The number of tetrazole rings is 1. The molecule has 0 unspecified atom stereocenters. The number of aromatic carboxylic acids is 1. The number of rotatable bonds is 4. The fourth-order valence-corrected chi connectivity index (χ4v) is 2.38. The Bertz CT molecular complexity index is 767. The minimum Gasteiger partial charge on any atom is -0.476 e. The molecule has 0 atom stereocenters. The van der Waals surface area contributed by atoms with Crippen LogP contribution in [0.25, 0.3) is 5.65 Å². The standard InChI is InChI=1S/C11H9BrN6O2/c12-7-3-10-13-8(11(19)20)5-18(10)4-6(7)1-2-9-14-16-17-15-9/h3-5H,1-2H2,(H,19,20)(H,14,15,16,17). The monoisotopic (exact) mass is 336 g/mol. The van der Waals surface area contributed by atoms with Gasteiger partial charge in [0.05, 0.1) is 0 Å². The first kappa shape index (κ1) is 12.7. The molecule has 8 nitrogen and oxygen atoms in total. The van der Waals surface area contributed by atoms with Gasteiger partial charge in [0.2, 0.25) is 0 Å². The van der Waals surface area contributed by atoms with Crippen LogP contribution in [0.2, 0.25) is 0 Å². The molecule has 0 aliphatic rings. The molecule has 0 amide bonds. The van der Waals surface area contributed by atoms with Crippen LogP contribution in [0.3, 0.4) is 0 Å². The number of aromatic nitrogens is 6. The molecule has 0 saturated heterocycles. The molecule has 0 aliphatic heterocycles. The van der Waals surface area contributed by atoms with Crippen LogP contribution in [0.1, 0.15) is 21.9 Å². The molecular formula is C11H9BrN6O2. The molecule has 0 aliphatic carbocycles. The van der Waals surface area contributed by atoms with Crippen LogP contribution in [0.15, 0.2) is 22.9 Å². The molecule has 2 N–H and O–H groups in total. The normalized spacial score (nSPS) is 11.1. The third-order valence-electron chi connectivity index (χ3n) is 2.84. The molecular weight excluding hydrogens is 328 g/mol. The summed E-state index contributed by atoms with van der Waals surface area (Å²) in [6, 6.07) is 1.79. The van der Waals surface area contributed by atoms with Crippen molar-refractivity contribution >= 4 is 27.5 Å². The minimum absolute atomic E-state index is 0.0206. The van der Waals surface area contributed by atoms with Gasteiger partial charge in [-0.15, -0.1) is 10.2 Å². The van der Waals surface area contributed by atoms with E-state index in [9.17, 15) is 4.79 Å². The van der Waals surface area contributed by atoms with Crippen LogP contribution in [-0.2, 0) is 12.8 Å². The first-order valence-corrected chi connectivity index (χ1v) is 6.55. The van der Waals surface area contributed by atoms with Gasteiger partial charge in [0, 0.05) is 23.3 Å². The number of nitrogens with one attached hydrogen (secondary N) is 1. The van der Waals surface area contributed by atoms with Gasteiger partial charge in [0.1, 0.15) is 5.65 Å². The van der Waals surface area contributed by atoms with Crippen LogP contribution < -0.4 is 0 Å². The number of H-pyrrole nitrogens is 1. The summed E-state index contributed by atoms with van der Waals surface area (Å²) >= 11 is 3.46. The zero-order valence-corrected chi connectivity index (χ0v) is 11.7. The fraction of sp³-hybridized carbons (Fsp3) is 0.182. The summed E-state index contributed by atoms with van der Waals surface area (Å²) in [6.07, 6.45) is 4.68. The molecule has 20 heavy (non-hydrogen) atoms. The zero-order valence-electron chi connectivity index (χ0n) is 10.1. The lowest BCUT2D eigenvalue weighted by Crippen LogP contribution is -1.97. The van der Waals surface area contributed by atoms with Gasteiger partial charge in [-0.1, -0.05) is 21.1 Å². The number of aromatic amines is 1. The van der Waals surface area contributed by atoms with Crippen molar-refractivity contribution in [2.24, 2.45) is 0 Å². The highest BCUT2D eigenvalue weighted by Gasteiger charge is 2.11. The largest absolute Gasteiger partial charge is 0.476 e. The van der Waals surface area contributed by atoms with Gasteiger partial charge in [-0.3, -0.25) is 0 Å². The van der Waals surface area contributed by atoms with Crippen molar-refractivity contribution in [1.82, 2.24) is 30.0 Å². The SMILES string of the molecule is O=C(O)c1cn2cc(CCc3nn[nH]n3)c(Br)cc2n1. The van der Waals surface area contributed by atoms with E-state index in [1.807, 2.05) is 6.20 Å². The Kier molecular flexibility index (Phi) is 3.18. The molecule has 102 valence electrons.